The van der Waals surface area contributed by atoms with Crippen LogP contribution in [0.3, 0.4) is 0 Å². The summed E-state index contributed by atoms with van der Waals surface area (Å²) >= 11 is 0. The molecule has 0 fully saturated rings. The Labute approximate surface area is 218 Å². The molecule has 1 aromatic carbocycles. The quantitative estimate of drug-likeness (QED) is 0.262. The van der Waals surface area contributed by atoms with Gasteiger partial charge in [-0.3, -0.25) is 0 Å². The lowest BCUT2D eigenvalue weighted by Crippen LogP contribution is -1.79. The average Bonchev–Trinajstić information content (AvgIpc) is 2.89. The van der Waals surface area contributed by atoms with Gasteiger partial charge in [-0.25, -0.2) is 0 Å². The molecule has 0 saturated heterocycles. The number of aryl methyl sites for hydroxylation is 2. The molecule has 35 heavy (non-hydrogen) atoms. The Hall–Kier alpha value is -3.64. The van der Waals surface area contributed by atoms with Crippen molar-refractivity contribution < 1.29 is 0 Å². The number of hydrogen-bond acceptors (Lipinski definition) is 0. The van der Waals surface area contributed by atoms with Crippen LogP contribution in [0.15, 0.2) is 160 Å². The molecule has 0 bridgehead atoms. The Morgan fingerprint density at radius 2 is 1.23 bits per heavy atom. The molecule has 0 aliphatic heterocycles. The molecule has 0 N–H and O–H groups in total. The summed E-state index contributed by atoms with van der Waals surface area (Å²) < 4.78 is 0. The monoisotopic (exact) mass is 470 g/mol. The van der Waals surface area contributed by atoms with Gasteiger partial charge in [-0.2, -0.15) is 0 Å². The van der Waals surface area contributed by atoms with Crippen molar-refractivity contribution in [3.8, 4) is 0 Å². The second kappa shape index (κ2) is 28.4. The van der Waals surface area contributed by atoms with E-state index in [1.807, 2.05) is 38.2 Å². The molecule has 0 aliphatic rings. The van der Waals surface area contributed by atoms with Crippen molar-refractivity contribution in [2.75, 3.05) is 0 Å². The van der Waals surface area contributed by atoms with Crippen molar-refractivity contribution in [1.82, 2.24) is 0 Å². The first-order valence-corrected chi connectivity index (χ1v) is 11.6. The fraction of sp³-hybridized carbons (Fsp3) is 0.200. The molecule has 0 heterocycles. The van der Waals surface area contributed by atoms with E-state index in [1.165, 1.54) is 22.3 Å². The number of benzene rings is 1. The first-order valence-electron chi connectivity index (χ1n) is 11.6. The van der Waals surface area contributed by atoms with Gasteiger partial charge in [-0.1, -0.05) is 129 Å². The van der Waals surface area contributed by atoms with Gasteiger partial charge in [0.1, 0.15) is 0 Å². The minimum absolute atomic E-state index is 0.967. The average molecular weight is 471 g/mol. The minimum Gasteiger partial charge on any atom is -0.106 e. The van der Waals surface area contributed by atoms with Crippen LogP contribution in [0.1, 0.15) is 45.7 Å². The zero-order valence-electron chi connectivity index (χ0n) is 23.5. The van der Waals surface area contributed by atoms with Crippen LogP contribution in [0.25, 0.3) is 0 Å². The molecule has 0 spiro atoms. The van der Waals surface area contributed by atoms with E-state index in [-0.39, 0.29) is 0 Å². The summed E-state index contributed by atoms with van der Waals surface area (Å²) in [6.07, 6.45) is 16.4. The van der Waals surface area contributed by atoms with E-state index in [1.54, 1.807) is 18.2 Å². The van der Waals surface area contributed by atoms with Crippen molar-refractivity contribution in [2.45, 2.75) is 48.0 Å². The molecule has 0 radical (unpaired) electrons. The summed E-state index contributed by atoms with van der Waals surface area (Å²) in [7, 11) is 0. The molecular formula is C35H50. The minimum atomic E-state index is 0.967. The zero-order chi connectivity index (χ0) is 28.2. The van der Waals surface area contributed by atoms with Gasteiger partial charge in [0, 0.05) is 0 Å². The highest BCUT2D eigenvalue weighted by Crippen LogP contribution is 2.11. The Kier molecular flexibility index (Phi) is 31.3. The van der Waals surface area contributed by atoms with E-state index in [2.05, 4.69) is 117 Å². The molecule has 1 rings (SSSR count). The number of rotatable bonds is 8. The lowest BCUT2D eigenvalue weighted by atomic mass is 10.1. The third-order valence-electron chi connectivity index (χ3n) is 4.42. The number of hydrogen-bond donors (Lipinski definition) is 0. The highest BCUT2D eigenvalue weighted by molar-refractivity contribution is 5.39. The predicted molar refractivity (Wildman–Crippen MR) is 168 cm³/mol. The van der Waals surface area contributed by atoms with Crippen LogP contribution in [0, 0.1) is 6.92 Å². The molecule has 0 amide bonds. The van der Waals surface area contributed by atoms with Crippen LogP contribution in [0.4, 0.5) is 0 Å². The van der Waals surface area contributed by atoms with Crippen molar-refractivity contribution in [1.29, 1.82) is 0 Å². The van der Waals surface area contributed by atoms with Crippen molar-refractivity contribution in [3.05, 3.63) is 171 Å². The van der Waals surface area contributed by atoms with Crippen LogP contribution in [0.5, 0.6) is 0 Å². The van der Waals surface area contributed by atoms with Crippen LogP contribution >= 0.6 is 0 Å². The van der Waals surface area contributed by atoms with E-state index in [9.17, 15) is 0 Å². The maximum atomic E-state index is 3.90. The first kappa shape index (κ1) is 38.6. The van der Waals surface area contributed by atoms with Gasteiger partial charge in [0.25, 0.3) is 0 Å². The second-order valence-electron chi connectivity index (χ2n) is 7.29. The first-order chi connectivity index (χ1) is 16.6. The standard InChI is InChI=1S/C15H20.C9H12.C7H10.2C2H4/c1-7-8-9-14(5)15(6)11-10-13(4)12(2)3;1-3-9-6-4-8(2)5-7-9;1-4-6-7(3)5-2;2*1-2/h7-11H,1-2,4H2,3,5-6H3;4-7H,3H2,1-2H3;4-6H,1-2H2,3H3;2*1-2H2/b9-8-,11-10-,15-14+;;7-6-;;. The fourth-order valence-electron chi connectivity index (χ4n) is 1.92. The molecule has 0 nitrogen and oxygen atoms in total. The molecule has 190 valence electrons. The van der Waals surface area contributed by atoms with E-state index in [0.29, 0.717) is 0 Å². The second-order valence-corrected chi connectivity index (χ2v) is 7.29. The van der Waals surface area contributed by atoms with Crippen molar-refractivity contribution in [2.24, 2.45) is 0 Å². The van der Waals surface area contributed by atoms with Gasteiger partial charge >= 0.3 is 0 Å². The van der Waals surface area contributed by atoms with E-state index in [4.69, 9.17) is 0 Å². The molecule has 0 aromatic heterocycles. The van der Waals surface area contributed by atoms with Crippen LogP contribution in [0.2, 0.25) is 0 Å². The Morgan fingerprint density at radius 3 is 1.57 bits per heavy atom. The largest absolute Gasteiger partial charge is 0.106 e. The predicted octanol–water partition coefficient (Wildman–Crippen LogP) is 11.2. The highest BCUT2D eigenvalue weighted by Gasteiger charge is 1.90. The van der Waals surface area contributed by atoms with E-state index < -0.39 is 0 Å². The molecule has 1 aromatic rings. The zero-order valence-corrected chi connectivity index (χ0v) is 23.5. The Morgan fingerprint density at radius 1 is 0.743 bits per heavy atom. The van der Waals surface area contributed by atoms with Gasteiger partial charge in [0.2, 0.25) is 0 Å². The smallest absolute Gasteiger partial charge is 0.0305 e. The summed E-state index contributed by atoms with van der Waals surface area (Å²) in [5.41, 5.74) is 8.31. The van der Waals surface area contributed by atoms with E-state index in [0.717, 1.165) is 23.1 Å². The summed E-state index contributed by atoms with van der Waals surface area (Å²) in [6.45, 7) is 42.8. The van der Waals surface area contributed by atoms with Gasteiger partial charge in [-0.05, 0) is 63.3 Å². The topological polar surface area (TPSA) is 0 Å². The molecule has 0 heteroatoms. The third-order valence-corrected chi connectivity index (χ3v) is 4.42. The van der Waals surface area contributed by atoms with E-state index >= 15 is 0 Å². The lowest BCUT2D eigenvalue weighted by molar-refractivity contribution is 1.14. The van der Waals surface area contributed by atoms with Crippen molar-refractivity contribution >= 4 is 0 Å². The third kappa shape index (κ3) is 26.5. The maximum Gasteiger partial charge on any atom is -0.0305 e. The van der Waals surface area contributed by atoms with Gasteiger partial charge in [0.05, 0.1) is 0 Å². The normalized spacial score (nSPS) is 10.4. The molecule has 0 unspecified atom stereocenters. The molecule has 0 saturated carbocycles. The van der Waals surface area contributed by atoms with Gasteiger partial charge in [0.15, 0.2) is 0 Å². The summed E-state index contributed by atoms with van der Waals surface area (Å²) in [5.74, 6) is 0. The maximum absolute atomic E-state index is 3.90. The van der Waals surface area contributed by atoms with Crippen LogP contribution in [-0.2, 0) is 6.42 Å². The summed E-state index contributed by atoms with van der Waals surface area (Å²) in [4.78, 5) is 0. The Bertz CT molecular complexity index is 859. The molecule has 0 aliphatic carbocycles. The van der Waals surface area contributed by atoms with Crippen LogP contribution in [-0.4, -0.2) is 0 Å². The molecular weight excluding hydrogens is 420 g/mol. The summed E-state index contributed by atoms with van der Waals surface area (Å²) in [6, 6.07) is 8.66. The highest BCUT2D eigenvalue weighted by atomic mass is 14.0. The fourth-order valence-corrected chi connectivity index (χ4v) is 1.92. The Balaban J connectivity index is -0.000000205. The molecule has 0 atom stereocenters. The van der Waals surface area contributed by atoms with Crippen LogP contribution < -0.4 is 0 Å². The van der Waals surface area contributed by atoms with Crippen molar-refractivity contribution in [3.63, 3.8) is 0 Å². The SMILES string of the molecule is C=C.C=C.C=C/C=C(/C)C=C.C=C\C=C/C(C)=C(C)/C=C\C(=C)C(=C)C.CCc1ccc(C)cc1. The summed E-state index contributed by atoms with van der Waals surface area (Å²) in [5, 5.41) is 0. The lowest BCUT2D eigenvalue weighted by Gasteiger charge is -1.99. The number of allylic oxidation sites excluding steroid dienone is 13. The van der Waals surface area contributed by atoms with Gasteiger partial charge < -0.3 is 0 Å². The van der Waals surface area contributed by atoms with Gasteiger partial charge in [-0.15, -0.1) is 26.3 Å².